The van der Waals surface area contributed by atoms with Gasteiger partial charge in [-0.1, -0.05) is 66.2 Å². The van der Waals surface area contributed by atoms with Crippen LogP contribution in [0.25, 0.3) is 16.9 Å². The molecule has 8 heteroatoms. The molecule has 2 heterocycles. The summed E-state index contributed by atoms with van der Waals surface area (Å²) in [5, 5.41) is 9.70. The third-order valence-electron chi connectivity index (χ3n) is 7.03. The fraction of sp³-hybridized carbons (Fsp3) is 0.125. The summed E-state index contributed by atoms with van der Waals surface area (Å²) >= 11 is 0. The van der Waals surface area contributed by atoms with Gasteiger partial charge in [0.25, 0.3) is 10.0 Å². The topological polar surface area (TPSA) is 76.8 Å². The van der Waals surface area contributed by atoms with Crippen molar-refractivity contribution in [3.63, 3.8) is 0 Å². The van der Waals surface area contributed by atoms with Crippen molar-refractivity contribution in [1.82, 2.24) is 14.2 Å². The van der Waals surface area contributed by atoms with Crippen molar-refractivity contribution < 1.29 is 13.2 Å². The first-order valence-electron chi connectivity index (χ1n) is 13.0. The van der Waals surface area contributed by atoms with Crippen LogP contribution in [0.1, 0.15) is 29.2 Å². The molecule has 0 saturated heterocycles. The summed E-state index contributed by atoms with van der Waals surface area (Å²) < 4.78 is 36.5. The van der Waals surface area contributed by atoms with Crippen LogP contribution in [-0.4, -0.2) is 35.4 Å². The Bertz CT molecular complexity index is 1760. The lowest BCUT2D eigenvalue weighted by atomic mass is 9.97. The van der Waals surface area contributed by atoms with Crippen molar-refractivity contribution in [3.8, 4) is 22.7 Å². The lowest BCUT2D eigenvalue weighted by Crippen LogP contribution is -2.27. The van der Waals surface area contributed by atoms with Gasteiger partial charge in [-0.25, -0.2) is 4.68 Å². The molecule has 7 nitrogen and oxygen atoms in total. The quantitative estimate of drug-likeness (QED) is 0.236. The minimum Gasteiger partial charge on any atom is -0.497 e. The molecule has 0 unspecified atom stereocenters. The lowest BCUT2D eigenvalue weighted by molar-refractivity contribution is 0.372. The predicted octanol–water partition coefficient (Wildman–Crippen LogP) is 6.40. The smallest absolute Gasteiger partial charge is 0.279 e. The van der Waals surface area contributed by atoms with E-state index < -0.39 is 16.1 Å². The molecule has 1 aliphatic heterocycles. The van der Waals surface area contributed by atoms with Crippen molar-refractivity contribution in [2.45, 2.75) is 24.3 Å². The molecule has 0 bridgehead atoms. The number of aromatic nitrogens is 2. The van der Waals surface area contributed by atoms with Crippen LogP contribution in [0.15, 0.2) is 125 Å². The van der Waals surface area contributed by atoms with E-state index in [9.17, 15) is 8.42 Å². The molecule has 0 fully saturated rings. The van der Waals surface area contributed by atoms with Crippen molar-refractivity contribution in [2.75, 3.05) is 7.11 Å². The SMILES string of the molecule is COc1ccc(-c2nn(-c3ccccc3)cc2[C@H]2CC(c3ccc(C)cc3)=NN2S(=O)(=O)c2ccccc2)cc1. The van der Waals surface area contributed by atoms with E-state index in [2.05, 4.69) is 0 Å². The molecule has 5 aromatic rings. The van der Waals surface area contributed by atoms with Crippen molar-refractivity contribution >= 4 is 15.7 Å². The van der Waals surface area contributed by atoms with Crippen LogP contribution >= 0.6 is 0 Å². The average Bonchev–Trinajstić information content (AvgIpc) is 3.64. The summed E-state index contributed by atoms with van der Waals surface area (Å²) in [7, 11) is -2.34. The molecule has 1 atom stereocenters. The van der Waals surface area contributed by atoms with E-state index in [0.29, 0.717) is 17.8 Å². The van der Waals surface area contributed by atoms with Crippen LogP contribution in [0, 0.1) is 6.92 Å². The Balaban J connectivity index is 1.52. The highest BCUT2D eigenvalue weighted by atomic mass is 32.2. The highest BCUT2D eigenvalue weighted by Gasteiger charge is 2.40. The Kier molecular flexibility index (Phi) is 6.69. The van der Waals surface area contributed by atoms with Crippen molar-refractivity contribution in [3.05, 3.63) is 132 Å². The molecule has 1 aromatic heterocycles. The fourth-order valence-electron chi connectivity index (χ4n) is 4.88. The van der Waals surface area contributed by atoms with Gasteiger partial charge in [-0.05, 0) is 61.0 Å². The summed E-state index contributed by atoms with van der Waals surface area (Å²) in [5.41, 5.74) is 5.90. The fourth-order valence-corrected chi connectivity index (χ4v) is 6.33. The van der Waals surface area contributed by atoms with E-state index in [4.69, 9.17) is 14.9 Å². The maximum absolute atomic E-state index is 14.0. The Labute approximate surface area is 234 Å². The summed E-state index contributed by atoms with van der Waals surface area (Å²) in [6.07, 6.45) is 2.32. The normalized spacial score (nSPS) is 15.2. The molecule has 0 spiro atoms. The number of aryl methyl sites for hydroxylation is 1. The molecule has 6 rings (SSSR count). The van der Waals surface area contributed by atoms with E-state index in [-0.39, 0.29) is 4.90 Å². The molecule has 200 valence electrons. The number of hydrogen-bond acceptors (Lipinski definition) is 5. The number of methoxy groups -OCH3 is 1. The second kappa shape index (κ2) is 10.5. The zero-order valence-electron chi connectivity index (χ0n) is 22.2. The van der Waals surface area contributed by atoms with Crippen LogP contribution in [-0.2, 0) is 10.0 Å². The van der Waals surface area contributed by atoms with Gasteiger partial charge in [0, 0.05) is 23.7 Å². The Morgan fingerprint density at radius 2 is 1.43 bits per heavy atom. The van der Waals surface area contributed by atoms with Gasteiger partial charge in [0.05, 0.1) is 35.1 Å². The van der Waals surface area contributed by atoms with Gasteiger partial charge in [-0.2, -0.15) is 23.0 Å². The predicted molar refractivity (Wildman–Crippen MR) is 156 cm³/mol. The van der Waals surface area contributed by atoms with Gasteiger partial charge >= 0.3 is 0 Å². The third-order valence-corrected chi connectivity index (χ3v) is 8.73. The molecule has 0 N–H and O–H groups in total. The Hall–Kier alpha value is -4.69. The van der Waals surface area contributed by atoms with Gasteiger partial charge in [0.15, 0.2) is 0 Å². The first-order chi connectivity index (χ1) is 19.4. The van der Waals surface area contributed by atoms with Gasteiger partial charge in [0.2, 0.25) is 0 Å². The average molecular weight is 549 g/mol. The first-order valence-corrected chi connectivity index (χ1v) is 14.4. The van der Waals surface area contributed by atoms with Crippen LogP contribution in [0.5, 0.6) is 5.75 Å². The minimum atomic E-state index is -3.96. The molecule has 1 aliphatic rings. The number of para-hydroxylation sites is 1. The lowest BCUT2D eigenvalue weighted by Gasteiger charge is -2.23. The number of hydrazone groups is 1. The van der Waals surface area contributed by atoms with Crippen molar-refractivity contribution in [1.29, 1.82) is 0 Å². The maximum Gasteiger partial charge on any atom is 0.279 e. The Morgan fingerprint density at radius 1 is 0.800 bits per heavy atom. The largest absolute Gasteiger partial charge is 0.497 e. The summed E-state index contributed by atoms with van der Waals surface area (Å²) in [6, 6.07) is 33.3. The monoisotopic (exact) mass is 548 g/mol. The van der Waals surface area contributed by atoms with Crippen LogP contribution in [0.3, 0.4) is 0 Å². The third kappa shape index (κ3) is 4.78. The highest BCUT2D eigenvalue weighted by molar-refractivity contribution is 7.89. The van der Waals surface area contributed by atoms with Gasteiger partial charge in [-0.3, -0.25) is 0 Å². The van der Waals surface area contributed by atoms with Crippen LogP contribution in [0.2, 0.25) is 0 Å². The second-order valence-corrected chi connectivity index (χ2v) is 11.5. The number of benzene rings is 4. The molecular formula is C32H28N4O3S. The van der Waals surface area contributed by atoms with Gasteiger partial charge in [0.1, 0.15) is 5.75 Å². The number of sulfonamides is 1. The molecule has 0 saturated carbocycles. The molecular weight excluding hydrogens is 520 g/mol. The van der Waals surface area contributed by atoms with Gasteiger partial charge < -0.3 is 4.74 Å². The van der Waals surface area contributed by atoms with E-state index in [1.807, 2.05) is 92.0 Å². The molecule has 40 heavy (non-hydrogen) atoms. The highest BCUT2D eigenvalue weighted by Crippen LogP contribution is 2.41. The van der Waals surface area contributed by atoms with Crippen LogP contribution < -0.4 is 4.74 Å². The number of hydrogen-bond donors (Lipinski definition) is 0. The number of rotatable bonds is 7. The summed E-state index contributed by atoms with van der Waals surface area (Å²) in [6.45, 7) is 2.02. The van der Waals surface area contributed by atoms with E-state index >= 15 is 0 Å². The molecule has 0 amide bonds. The zero-order chi connectivity index (χ0) is 27.7. The molecule has 0 radical (unpaired) electrons. The van der Waals surface area contributed by atoms with Gasteiger partial charge in [-0.15, -0.1) is 0 Å². The van der Waals surface area contributed by atoms with E-state index in [0.717, 1.165) is 33.7 Å². The Morgan fingerprint density at radius 3 is 2.08 bits per heavy atom. The number of nitrogens with zero attached hydrogens (tertiary/aromatic N) is 4. The van der Waals surface area contributed by atoms with Crippen LogP contribution in [0.4, 0.5) is 0 Å². The standard InChI is InChI=1S/C32H28N4O3S/c1-23-13-15-24(16-14-23)30-21-31(36(33-30)40(37,38)28-11-7-4-8-12-28)29-22-35(26-9-5-3-6-10-26)34-32(29)25-17-19-27(39-2)20-18-25/h3-20,22,31H,21H2,1-2H3/t31-/m1/s1. The zero-order valence-corrected chi connectivity index (χ0v) is 23.0. The second-order valence-electron chi connectivity index (χ2n) is 9.66. The molecule has 0 aliphatic carbocycles. The van der Waals surface area contributed by atoms with E-state index in [1.165, 1.54) is 4.41 Å². The maximum atomic E-state index is 14.0. The molecule has 4 aromatic carbocycles. The minimum absolute atomic E-state index is 0.190. The summed E-state index contributed by atoms with van der Waals surface area (Å²) in [4.78, 5) is 0.190. The first kappa shape index (κ1) is 25.6. The van der Waals surface area contributed by atoms with Crippen molar-refractivity contribution in [2.24, 2.45) is 5.10 Å². The van der Waals surface area contributed by atoms with E-state index in [1.54, 1.807) is 42.1 Å². The summed E-state index contributed by atoms with van der Waals surface area (Å²) in [5.74, 6) is 0.729. The number of ether oxygens (including phenoxy) is 1.